The minimum atomic E-state index is 0.427. The Balaban J connectivity index is 1.93. The van der Waals surface area contributed by atoms with Crippen molar-refractivity contribution < 1.29 is 0 Å². The van der Waals surface area contributed by atoms with Crippen molar-refractivity contribution in [2.45, 2.75) is 38.0 Å². The third-order valence-corrected chi connectivity index (χ3v) is 4.36. The standard InChI is InChI=1S/C14H16Cl2N4/c15-9-6-10(12(17)11(16)7-9)14-18-13(19-20-14)8-4-2-1-3-5-8/h6-8H,1-5,17H2,(H,18,19,20). The maximum atomic E-state index is 6.05. The Bertz CT molecular complexity index is 618. The lowest BCUT2D eigenvalue weighted by Crippen LogP contribution is -2.06. The molecule has 1 aromatic heterocycles. The number of aromatic nitrogens is 3. The molecule has 0 saturated heterocycles. The Labute approximate surface area is 127 Å². The van der Waals surface area contributed by atoms with Gasteiger partial charge in [-0.2, -0.15) is 5.10 Å². The zero-order chi connectivity index (χ0) is 14.1. The summed E-state index contributed by atoms with van der Waals surface area (Å²) >= 11 is 12.1. The monoisotopic (exact) mass is 310 g/mol. The first-order valence-corrected chi connectivity index (χ1v) is 7.58. The van der Waals surface area contributed by atoms with Crippen LogP contribution in [0.15, 0.2) is 12.1 Å². The number of halogens is 2. The number of aromatic amines is 1. The van der Waals surface area contributed by atoms with Gasteiger partial charge < -0.3 is 5.73 Å². The molecule has 1 aliphatic rings. The molecule has 1 aromatic carbocycles. The molecule has 2 aromatic rings. The second-order valence-corrected chi connectivity index (χ2v) is 6.07. The number of hydrogen-bond acceptors (Lipinski definition) is 3. The molecule has 1 aliphatic carbocycles. The molecular weight excluding hydrogens is 295 g/mol. The summed E-state index contributed by atoms with van der Waals surface area (Å²) in [5.74, 6) is 1.98. The van der Waals surface area contributed by atoms with E-state index >= 15 is 0 Å². The van der Waals surface area contributed by atoms with Gasteiger partial charge in [0, 0.05) is 16.5 Å². The van der Waals surface area contributed by atoms with Crippen molar-refractivity contribution in [1.29, 1.82) is 0 Å². The number of hydrogen-bond donors (Lipinski definition) is 2. The lowest BCUT2D eigenvalue weighted by molar-refractivity contribution is 0.429. The zero-order valence-corrected chi connectivity index (χ0v) is 12.5. The fraction of sp³-hybridized carbons (Fsp3) is 0.429. The Morgan fingerprint density at radius 3 is 2.65 bits per heavy atom. The molecule has 0 unspecified atom stereocenters. The molecule has 1 saturated carbocycles. The third-order valence-electron chi connectivity index (χ3n) is 3.83. The van der Waals surface area contributed by atoms with Crippen LogP contribution < -0.4 is 5.73 Å². The molecule has 3 rings (SSSR count). The molecule has 3 N–H and O–H groups in total. The van der Waals surface area contributed by atoms with E-state index < -0.39 is 0 Å². The van der Waals surface area contributed by atoms with E-state index in [0.717, 1.165) is 5.82 Å². The van der Waals surface area contributed by atoms with Crippen molar-refractivity contribution in [3.05, 3.63) is 28.0 Å². The number of nitrogen functional groups attached to an aromatic ring is 1. The van der Waals surface area contributed by atoms with Crippen LogP contribution in [-0.4, -0.2) is 15.2 Å². The molecule has 0 radical (unpaired) electrons. The fourth-order valence-electron chi connectivity index (χ4n) is 2.72. The maximum absolute atomic E-state index is 6.05. The van der Waals surface area contributed by atoms with Crippen LogP contribution in [0.5, 0.6) is 0 Å². The summed E-state index contributed by atoms with van der Waals surface area (Å²) in [4.78, 5) is 4.58. The van der Waals surface area contributed by atoms with Crippen molar-refractivity contribution in [3.8, 4) is 11.4 Å². The summed E-state index contributed by atoms with van der Waals surface area (Å²) in [6, 6.07) is 3.37. The van der Waals surface area contributed by atoms with Crippen LogP contribution in [-0.2, 0) is 0 Å². The minimum Gasteiger partial charge on any atom is -0.397 e. The van der Waals surface area contributed by atoms with Crippen molar-refractivity contribution in [1.82, 2.24) is 15.2 Å². The highest BCUT2D eigenvalue weighted by Gasteiger charge is 2.20. The van der Waals surface area contributed by atoms with E-state index in [4.69, 9.17) is 28.9 Å². The SMILES string of the molecule is Nc1c(Cl)cc(Cl)cc1-c1n[nH]c(C2CCCCC2)n1. The Morgan fingerprint density at radius 1 is 1.15 bits per heavy atom. The van der Waals surface area contributed by atoms with Gasteiger partial charge in [-0.15, -0.1) is 0 Å². The van der Waals surface area contributed by atoms with E-state index in [1.54, 1.807) is 12.1 Å². The van der Waals surface area contributed by atoms with Crippen LogP contribution in [0.25, 0.3) is 11.4 Å². The highest BCUT2D eigenvalue weighted by Crippen LogP contribution is 2.35. The van der Waals surface area contributed by atoms with Crippen molar-refractivity contribution >= 4 is 28.9 Å². The molecule has 0 amide bonds. The zero-order valence-electron chi connectivity index (χ0n) is 11.0. The molecule has 0 aliphatic heterocycles. The first kappa shape index (κ1) is 13.7. The van der Waals surface area contributed by atoms with Gasteiger partial charge in [-0.1, -0.05) is 42.5 Å². The van der Waals surface area contributed by atoms with Gasteiger partial charge in [0.25, 0.3) is 0 Å². The van der Waals surface area contributed by atoms with Crippen molar-refractivity contribution in [2.24, 2.45) is 0 Å². The number of nitrogens with zero attached hydrogens (tertiary/aromatic N) is 2. The van der Waals surface area contributed by atoms with Crippen LogP contribution in [0.1, 0.15) is 43.8 Å². The third kappa shape index (κ3) is 2.63. The van der Waals surface area contributed by atoms with Gasteiger partial charge in [0.1, 0.15) is 5.82 Å². The average Bonchev–Trinajstić information content (AvgIpc) is 2.93. The molecule has 1 fully saturated rings. The molecule has 6 heteroatoms. The fourth-order valence-corrected chi connectivity index (χ4v) is 3.22. The summed E-state index contributed by atoms with van der Waals surface area (Å²) in [6.07, 6.45) is 6.16. The van der Waals surface area contributed by atoms with Crippen LogP contribution in [0.2, 0.25) is 10.0 Å². The minimum absolute atomic E-state index is 0.427. The molecule has 4 nitrogen and oxygen atoms in total. The van der Waals surface area contributed by atoms with E-state index in [1.807, 2.05) is 0 Å². The molecule has 0 bridgehead atoms. The maximum Gasteiger partial charge on any atom is 0.183 e. The first-order valence-electron chi connectivity index (χ1n) is 6.82. The summed E-state index contributed by atoms with van der Waals surface area (Å²) in [7, 11) is 0. The summed E-state index contributed by atoms with van der Waals surface area (Å²) in [5, 5.41) is 8.27. The quantitative estimate of drug-likeness (QED) is 0.807. The van der Waals surface area contributed by atoms with Gasteiger partial charge >= 0.3 is 0 Å². The van der Waals surface area contributed by atoms with Gasteiger partial charge in [-0.25, -0.2) is 4.98 Å². The second-order valence-electron chi connectivity index (χ2n) is 5.23. The topological polar surface area (TPSA) is 67.6 Å². The van der Waals surface area contributed by atoms with Crippen molar-refractivity contribution in [2.75, 3.05) is 5.73 Å². The van der Waals surface area contributed by atoms with Crippen molar-refractivity contribution in [3.63, 3.8) is 0 Å². The highest BCUT2D eigenvalue weighted by atomic mass is 35.5. The van der Waals surface area contributed by atoms with E-state index in [2.05, 4.69) is 15.2 Å². The van der Waals surface area contributed by atoms with Crippen LogP contribution in [0.3, 0.4) is 0 Å². The van der Waals surface area contributed by atoms with E-state index in [0.29, 0.717) is 33.0 Å². The van der Waals surface area contributed by atoms with Gasteiger partial charge in [0.05, 0.1) is 10.7 Å². The predicted molar refractivity (Wildman–Crippen MR) is 82.1 cm³/mol. The lowest BCUT2D eigenvalue weighted by Gasteiger charge is -2.18. The molecular formula is C14H16Cl2N4. The van der Waals surface area contributed by atoms with E-state index in [9.17, 15) is 0 Å². The number of H-pyrrole nitrogens is 1. The van der Waals surface area contributed by atoms with Crippen LogP contribution >= 0.6 is 23.2 Å². The number of nitrogens with two attached hydrogens (primary N) is 1. The largest absolute Gasteiger partial charge is 0.397 e. The molecule has 0 atom stereocenters. The summed E-state index contributed by atoms with van der Waals surface area (Å²) in [5.41, 5.74) is 7.13. The van der Waals surface area contributed by atoms with Gasteiger partial charge in [-0.3, -0.25) is 5.10 Å². The van der Waals surface area contributed by atoms with Crippen LogP contribution in [0, 0.1) is 0 Å². The number of benzene rings is 1. The van der Waals surface area contributed by atoms with Crippen LogP contribution in [0.4, 0.5) is 5.69 Å². The number of anilines is 1. The summed E-state index contributed by atoms with van der Waals surface area (Å²) in [6.45, 7) is 0. The molecule has 1 heterocycles. The smallest absolute Gasteiger partial charge is 0.183 e. The van der Waals surface area contributed by atoms with Gasteiger partial charge in [0.2, 0.25) is 0 Å². The first-order chi connectivity index (χ1) is 9.65. The lowest BCUT2D eigenvalue weighted by atomic mass is 9.89. The van der Waals surface area contributed by atoms with Gasteiger partial charge in [-0.05, 0) is 25.0 Å². The average molecular weight is 311 g/mol. The van der Waals surface area contributed by atoms with Gasteiger partial charge in [0.15, 0.2) is 5.82 Å². The van der Waals surface area contributed by atoms with E-state index in [1.165, 1.54) is 32.1 Å². The highest BCUT2D eigenvalue weighted by molar-refractivity contribution is 6.37. The van der Waals surface area contributed by atoms with E-state index in [-0.39, 0.29) is 0 Å². The predicted octanol–water partition coefficient (Wildman–Crippen LogP) is 4.41. The normalized spacial score (nSPS) is 16.5. The number of rotatable bonds is 2. The Morgan fingerprint density at radius 2 is 1.90 bits per heavy atom. The Hall–Kier alpha value is -1.26. The molecule has 20 heavy (non-hydrogen) atoms. The molecule has 0 spiro atoms. The summed E-state index contributed by atoms with van der Waals surface area (Å²) < 4.78 is 0. The second kappa shape index (κ2) is 5.62. The number of nitrogens with one attached hydrogen (secondary N) is 1. The molecule has 106 valence electrons. The Kier molecular flexibility index (Phi) is 3.85.